The Morgan fingerprint density at radius 3 is 1.68 bits per heavy atom. The van der Waals surface area contributed by atoms with Crippen molar-refractivity contribution >= 4 is 0 Å². The fourth-order valence-electron chi connectivity index (χ4n) is 9.43. The maximum Gasteiger partial charge on any atom is 0.178 e. The van der Waals surface area contributed by atoms with Crippen molar-refractivity contribution in [3.8, 4) is 90.4 Å². The lowest BCUT2D eigenvalue weighted by atomic mass is 9.68. The summed E-state index contributed by atoms with van der Waals surface area (Å²) < 4.78 is 13.7. The number of ether oxygens (including phenoxy) is 2. The third kappa shape index (κ3) is 6.13. The van der Waals surface area contributed by atoms with Crippen molar-refractivity contribution < 1.29 is 9.47 Å². The van der Waals surface area contributed by atoms with E-state index in [1.54, 1.807) is 0 Å². The van der Waals surface area contributed by atoms with E-state index in [1.165, 1.54) is 22.3 Å². The van der Waals surface area contributed by atoms with Crippen molar-refractivity contribution in [2.45, 2.75) is 5.41 Å². The molecule has 0 radical (unpaired) electrons. The summed E-state index contributed by atoms with van der Waals surface area (Å²) in [5, 5.41) is 0. The lowest BCUT2D eigenvalue weighted by Gasteiger charge is -2.34. The lowest BCUT2D eigenvalue weighted by molar-refractivity contribution is 0.360. The minimum absolute atomic E-state index is 0.531. The van der Waals surface area contributed by atoms with E-state index in [4.69, 9.17) is 19.4 Å². The Morgan fingerprint density at radius 1 is 0.349 bits per heavy atom. The third-order valence-electron chi connectivity index (χ3n) is 12.3. The van der Waals surface area contributed by atoms with Gasteiger partial charge in [-0.2, -0.15) is 0 Å². The van der Waals surface area contributed by atoms with Crippen molar-refractivity contribution in [1.82, 2.24) is 15.0 Å². The number of fused-ring (bicyclic) bond motifs is 6. The second-order valence-electron chi connectivity index (χ2n) is 15.9. The summed E-state index contributed by atoms with van der Waals surface area (Å²) in [5.41, 5.74) is 15.0. The normalized spacial score (nSPS) is 12.8. The summed E-state index contributed by atoms with van der Waals surface area (Å²) in [4.78, 5) is 14.9. The monoisotopic (exact) mass is 807 g/mol. The van der Waals surface area contributed by atoms with Crippen LogP contribution in [0.4, 0.5) is 0 Å². The molecule has 5 heteroatoms. The van der Waals surface area contributed by atoms with Crippen LogP contribution in [0.1, 0.15) is 22.3 Å². The minimum Gasteiger partial charge on any atom is -0.449 e. The first-order valence-corrected chi connectivity index (χ1v) is 21.2. The number of nitrogens with zero attached hydrogens (tertiary/aromatic N) is 3. The van der Waals surface area contributed by atoms with Gasteiger partial charge in [-0.15, -0.1) is 0 Å². The molecule has 0 bridgehead atoms. The van der Waals surface area contributed by atoms with Gasteiger partial charge in [0.2, 0.25) is 0 Å². The van der Waals surface area contributed by atoms with E-state index in [9.17, 15) is 0 Å². The number of aromatic nitrogens is 3. The molecule has 0 saturated carbocycles. The summed E-state index contributed by atoms with van der Waals surface area (Å²) in [6.45, 7) is 0. The Bertz CT molecular complexity index is 3300. The molecule has 2 aromatic heterocycles. The van der Waals surface area contributed by atoms with E-state index < -0.39 is 5.41 Å². The Labute approximate surface area is 365 Å². The standard InChI is InChI=1S/C58H37N3O2/c1-4-16-38(17-5-1)50-37-51(42-20-15-19-41(35-42)49-28-12-13-33-59-49)61-57(60-50)43-21-14-18-39(34-43)40-29-31-52-54(36-40)62-53-32-30-48-55(56(53)63-52)46-26-10-11-27-47(46)58(48,44-22-6-2-7-23-44)45-24-8-3-9-25-45/h1-37H. The molecule has 1 aliphatic heterocycles. The molecule has 0 spiro atoms. The molecular weight excluding hydrogens is 771 g/mol. The van der Waals surface area contributed by atoms with Crippen LogP contribution in [0.5, 0.6) is 23.0 Å². The van der Waals surface area contributed by atoms with Gasteiger partial charge in [-0.05, 0) is 87.5 Å². The number of rotatable bonds is 7. The molecule has 12 rings (SSSR count). The largest absolute Gasteiger partial charge is 0.449 e. The molecule has 0 amide bonds. The SMILES string of the molecule is c1ccc(-c2cc(-c3cccc(-c4ccccn4)c3)nc(-c3cccc(-c4ccc5c(c4)Oc4ccc6c(c4O5)-c4ccccc4C6(c4ccccc4)c4ccccc4)c3)n2)cc1. The Morgan fingerprint density at radius 2 is 0.937 bits per heavy atom. The van der Waals surface area contributed by atoms with Gasteiger partial charge in [-0.3, -0.25) is 4.98 Å². The lowest BCUT2D eigenvalue weighted by Crippen LogP contribution is -2.28. The van der Waals surface area contributed by atoms with Gasteiger partial charge in [0, 0.05) is 34.0 Å². The van der Waals surface area contributed by atoms with Crippen LogP contribution in [0.25, 0.3) is 67.4 Å². The molecular formula is C58H37N3O2. The van der Waals surface area contributed by atoms with Crippen LogP contribution in [0, 0.1) is 0 Å². The summed E-state index contributed by atoms with van der Waals surface area (Å²) in [7, 11) is 0. The van der Waals surface area contributed by atoms with Crippen molar-refractivity contribution in [2.24, 2.45) is 0 Å². The van der Waals surface area contributed by atoms with E-state index in [0.29, 0.717) is 23.1 Å². The molecule has 0 N–H and O–H groups in total. The number of hydrogen-bond donors (Lipinski definition) is 0. The predicted octanol–water partition coefficient (Wildman–Crippen LogP) is 14.5. The van der Waals surface area contributed by atoms with Crippen molar-refractivity contribution in [3.63, 3.8) is 0 Å². The first kappa shape index (κ1) is 36.4. The first-order chi connectivity index (χ1) is 31.2. The molecule has 0 fully saturated rings. The van der Waals surface area contributed by atoms with Crippen LogP contribution in [-0.2, 0) is 5.41 Å². The maximum absolute atomic E-state index is 6.92. The Hall–Kier alpha value is -8.41. The van der Waals surface area contributed by atoms with Gasteiger partial charge >= 0.3 is 0 Å². The van der Waals surface area contributed by atoms with Gasteiger partial charge < -0.3 is 9.47 Å². The van der Waals surface area contributed by atoms with E-state index >= 15 is 0 Å². The molecule has 5 nitrogen and oxygen atoms in total. The van der Waals surface area contributed by atoms with E-state index in [-0.39, 0.29) is 0 Å². The number of hydrogen-bond acceptors (Lipinski definition) is 5. The summed E-state index contributed by atoms with van der Waals surface area (Å²) >= 11 is 0. The maximum atomic E-state index is 6.92. The zero-order valence-corrected chi connectivity index (χ0v) is 34.0. The smallest absolute Gasteiger partial charge is 0.178 e. The summed E-state index contributed by atoms with van der Waals surface area (Å²) in [5.74, 6) is 3.38. The second-order valence-corrected chi connectivity index (χ2v) is 15.9. The molecule has 63 heavy (non-hydrogen) atoms. The van der Waals surface area contributed by atoms with Crippen LogP contribution < -0.4 is 9.47 Å². The van der Waals surface area contributed by atoms with E-state index in [2.05, 4.69) is 181 Å². The van der Waals surface area contributed by atoms with Crippen LogP contribution in [0.3, 0.4) is 0 Å². The van der Waals surface area contributed by atoms with Crippen molar-refractivity contribution in [1.29, 1.82) is 0 Å². The fourth-order valence-corrected chi connectivity index (χ4v) is 9.43. The van der Waals surface area contributed by atoms with Crippen LogP contribution in [0.15, 0.2) is 225 Å². The molecule has 0 unspecified atom stereocenters. The molecule has 0 atom stereocenters. The molecule has 1 aliphatic carbocycles. The average molecular weight is 808 g/mol. The summed E-state index contributed by atoms with van der Waals surface area (Å²) in [6, 6.07) is 75.8. The highest BCUT2D eigenvalue weighted by Crippen LogP contribution is 2.62. The molecule has 3 heterocycles. The molecule has 296 valence electrons. The minimum atomic E-state index is -0.531. The van der Waals surface area contributed by atoms with E-state index in [1.807, 2.05) is 48.7 Å². The van der Waals surface area contributed by atoms with Crippen molar-refractivity contribution in [3.05, 3.63) is 247 Å². The highest BCUT2D eigenvalue weighted by molar-refractivity contribution is 5.92. The number of pyridine rings is 1. The van der Waals surface area contributed by atoms with Gasteiger partial charge in [0.05, 0.1) is 22.5 Å². The fraction of sp³-hybridized carbons (Fsp3) is 0.0172. The average Bonchev–Trinajstić information content (AvgIpc) is 3.68. The zero-order chi connectivity index (χ0) is 41.7. The van der Waals surface area contributed by atoms with E-state index in [0.717, 1.165) is 67.3 Å². The molecule has 0 saturated heterocycles. The van der Waals surface area contributed by atoms with Gasteiger partial charge in [0.1, 0.15) is 0 Å². The Balaban J connectivity index is 0.920. The van der Waals surface area contributed by atoms with Crippen LogP contribution >= 0.6 is 0 Å². The Kier molecular flexibility index (Phi) is 8.64. The van der Waals surface area contributed by atoms with Gasteiger partial charge in [0.15, 0.2) is 28.8 Å². The molecule has 8 aromatic carbocycles. The van der Waals surface area contributed by atoms with Crippen molar-refractivity contribution in [2.75, 3.05) is 0 Å². The van der Waals surface area contributed by atoms with Gasteiger partial charge in [0.25, 0.3) is 0 Å². The van der Waals surface area contributed by atoms with Crippen LogP contribution in [-0.4, -0.2) is 15.0 Å². The molecule has 10 aromatic rings. The topological polar surface area (TPSA) is 57.1 Å². The highest BCUT2D eigenvalue weighted by atomic mass is 16.6. The first-order valence-electron chi connectivity index (χ1n) is 21.2. The number of benzene rings is 8. The predicted molar refractivity (Wildman–Crippen MR) is 251 cm³/mol. The third-order valence-corrected chi connectivity index (χ3v) is 12.3. The van der Waals surface area contributed by atoms with Gasteiger partial charge in [-0.25, -0.2) is 9.97 Å². The molecule has 2 aliphatic rings. The van der Waals surface area contributed by atoms with Crippen LogP contribution in [0.2, 0.25) is 0 Å². The summed E-state index contributed by atoms with van der Waals surface area (Å²) in [6.07, 6.45) is 1.82. The zero-order valence-electron chi connectivity index (χ0n) is 34.0. The second kappa shape index (κ2) is 14.9. The highest BCUT2D eigenvalue weighted by Gasteiger charge is 2.48. The van der Waals surface area contributed by atoms with Gasteiger partial charge in [-0.1, -0.05) is 170 Å². The quantitative estimate of drug-likeness (QED) is 0.161.